The molecule has 0 saturated heterocycles. The van der Waals surface area contributed by atoms with Gasteiger partial charge in [0, 0.05) is 17.1 Å². The molecule has 0 bridgehead atoms. The van der Waals surface area contributed by atoms with Crippen LogP contribution in [0.2, 0.25) is 0 Å². The second kappa shape index (κ2) is 19.8. The molecule has 0 spiro atoms. The minimum absolute atomic E-state index is 0.0731. The van der Waals surface area contributed by atoms with Gasteiger partial charge in [0.1, 0.15) is 12.4 Å². The minimum atomic E-state index is -0.0731. The first-order valence-electron chi connectivity index (χ1n) is 12.3. The molecular weight excluding hydrogens is 392 g/mol. The van der Waals surface area contributed by atoms with Gasteiger partial charge in [-0.3, -0.25) is 4.79 Å². The lowest BCUT2D eigenvalue weighted by Crippen LogP contribution is -2.07. The van der Waals surface area contributed by atoms with Crippen molar-refractivity contribution in [2.45, 2.75) is 115 Å². The van der Waals surface area contributed by atoms with Crippen LogP contribution < -0.4 is 0 Å². The van der Waals surface area contributed by atoms with Crippen molar-refractivity contribution < 1.29 is 14.6 Å². The lowest BCUT2D eigenvalue weighted by molar-refractivity contribution is -0.143. The average Bonchev–Trinajstić information content (AvgIpc) is 2.75. The van der Waals surface area contributed by atoms with Crippen molar-refractivity contribution in [2.75, 3.05) is 12.4 Å². The van der Waals surface area contributed by atoms with Crippen molar-refractivity contribution in [2.24, 2.45) is 0 Å². The molecule has 0 aliphatic heterocycles. The summed E-state index contributed by atoms with van der Waals surface area (Å²) in [6.45, 7) is 2.72. The fraction of sp³-hybridized carbons (Fsp3) is 0.731. The summed E-state index contributed by atoms with van der Waals surface area (Å²) in [6, 6.07) is 7.09. The quantitative estimate of drug-likeness (QED) is 0.127. The maximum atomic E-state index is 11.8. The van der Waals surface area contributed by atoms with E-state index in [4.69, 9.17) is 4.74 Å². The minimum Gasteiger partial charge on any atom is -0.508 e. The van der Waals surface area contributed by atoms with E-state index in [1.807, 2.05) is 12.1 Å². The van der Waals surface area contributed by atoms with Gasteiger partial charge in [0.2, 0.25) is 0 Å². The van der Waals surface area contributed by atoms with Crippen molar-refractivity contribution in [1.29, 1.82) is 0 Å². The molecule has 0 saturated carbocycles. The number of hydrogen-bond acceptors (Lipinski definition) is 4. The summed E-state index contributed by atoms with van der Waals surface area (Å²) < 4.78 is 5.30. The average molecular weight is 437 g/mol. The predicted octanol–water partition coefficient (Wildman–Crippen LogP) is 8.29. The molecule has 0 aliphatic rings. The van der Waals surface area contributed by atoms with Crippen molar-refractivity contribution in [3.8, 4) is 5.75 Å². The van der Waals surface area contributed by atoms with Crippen LogP contribution in [0.25, 0.3) is 0 Å². The lowest BCUT2D eigenvalue weighted by Gasteiger charge is -2.05. The van der Waals surface area contributed by atoms with Crippen molar-refractivity contribution in [3.05, 3.63) is 24.3 Å². The molecule has 0 aliphatic carbocycles. The molecule has 172 valence electrons. The van der Waals surface area contributed by atoms with Crippen molar-refractivity contribution in [3.63, 3.8) is 0 Å². The van der Waals surface area contributed by atoms with E-state index in [2.05, 4.69) is 6.92 Å². The van der Waals surface area contributed by atoms with Gasteiger partial charge in [-0.15, -0.1) is 11.8 Å². The Hall–Kier alpha value is -1.16. The third kappa shape index (κ3) is 16.6. The second-order valence-electron chi connectivity index (χ2n) is 8.26. The number of phenols is 1. The molecule has 3 nitrogen and oxygen atoms in total. The Kier molecular flexibility index (Phi) is 17.7. The van der Waals surface area contributed by atoms with Crippen LogP contribution in [0, 0.1) is 0 Å². The van der Waals surface area contributed by atoms with E-state index in [1.165, 1.54) is 83.5 Å². The van der Waals surface area contributed by atoms with Gasteiger partial charge in [-0.2, -0.15) is 0 Å². The number of hydrogen-bond donors (Lipinski definition) is 1. The normalized spacial score (nSPS) is 11.0. The smallest absolute Gasteiger partial charge is 0.305 e. The summed E-state index contributed by atoms with van der Waals surface area (Å²) in [5.41, 5.74) is 0. The number of rotatable bonds is 20. The highest BCUT2D eigenvalue weighted by molar-refractivity contribution is 7.99. The van der Waals surface area contributed by atoms with Crippen LogP contribution in [0.15, 0.2) is 29.2 Å². The van der Waals surface area contributed by atoms with Crippen molar-refractivity contribution in [1.82, 2.24) is 0 Å². The maximum absolute atomic E-state index is 11.8. The number of phenolic OH excluding ortho intramolecular Hbond substituents is 1. The second-order valence-corrected chi connectivity index (χ2v) is 9.43. The van der Waals surface area contributed by atoms with Crippen LogP contribution in [-0.4, -0.2) is 23.4 Å². The molecule has 0 radical (unpaired) electrons. The van der Waals surface area contributed by atoms with E-state index >= 15 is 0 Å². The molecule has 0 amide bonds. The number of esters is 1. The molecule has 0 fully saturated rings. The van der Waals surface area contributed by atoms with Gasteiger partial charge in [-0.25, -0.2) is 0 Å². The number of unbranched alkanes of at least 4 members (excludes halogenated alkanes) is 14. The van der Waals surface area contributed by atoms with E-state index in [9.17, 15) is 9.90 Å². The summed E-state index contributed by atoms with van der Waals surface area (Å²) in [7, 11) is 0. The summed E-state index contributed by atoms with van der Waals surface area (Å²) >= 11 is 1.63. The van der Waals surface area contributed by atoms with Gasteiger partial charge in [-0.05, 0) is 30.7 Å². The number of carbonyl (C=O) groups excluding carboxylic acids is 1. The monoisotopic (exact) mass is 436 g/mol. The third-order valence-electron chi connectivity index (χ3n) is 5.44. The van der Waals surface area contributed by atoms with Crippen LogP contribution in [0.4, 0.5) is 0 Å². The molecule has 1 aromatic carbocycles. The van der Waals surface area contributed by atoms with Crippen molar-refractivity contribution >= 4 is 17.7 Å². The first-order chi connectivity index (χ1) is 14.7. The maximum Gasteiger partial charge on any atom is 0.305 e. The van der Waals surface area contributed by atoms with E-state index < -0.39 is 0 Å². The Morgan fingerprint density at radius 2 is 1.23 bits per heavy atom. The van der Waals surface area contributed by atoms with Gasteiger partial charge in [0.15, 0.2) is 0 Å². The Balaban J connectivity index is 1.78. The zero-order valence-corrected chi connectivity index (χ0v) is 20.0. The van der Waals surface area contributed by atoms with Gasteiger partial charge < -0.3 is 9.84 Å². The number of ether oxygens (including phenoxy) is 1. The van der Waals surface area contributed by atoms with E-state index in [0.717, 1.165) is 23.5 Å². The number of carbonyl (C=O) groups is 1. The van der Waals surface area contributed by atoms with E-state index in [-0.39, 0.29) is 11.7 Å². The molecular formula is C26H44O3S. The Bertz CT molecular complexity index is 516. The number of thioether (sulfide) groups is 1. The first kappa shape index (κ1) is 26.9. The molecule has 0 unspecified atom stereocenters. The van der Waals surface area contributed by atoms with Gasteiger partial charge >= 0.3 is 5.97 Å². The molecule has 1 N–H and O–H groups in total. The molecule has 1 aromatic rings. The third-order valence-corrected chi connectivity index (χ3v) is 6.41. The number of aromatic hydroxyl groups is 1. The number of benzene rings is 1. The highest BCUT2D eigenvalue weighted by atomic mass is 32.2. The Labute approximate surface area is 189 Å². The first-order valence-corrected chi connectivity index (χ1v) is 13.3. The van der Waals surface area contributed by atoms with E-state index in [1.54, 1.807) is 23.9 Å². The molecule has 0 heterocycles. The fourth-order valence-electron chi connectivity index (χ4n) is 3.57. The fourth-order valence-corrected chi connectivity index (χ4v) is 4.30. The molecule has 0 aromatic heterocycles. The summed E-state index contributed by atoms with van der Waals surface area (Å²) in [6.07, 6.45) is 20.6. The molecule has 0 atom stereocenters. The standard InChI is InChI=1S/C26H44O3S/c1-2-3-4-5-6-7-8-9-10-11-12-13-14-15-16-17-26(28)29-22-23-30-25-20-18-24(27)19-21-25/h18-21,27H,2-17,22-23H2,1H3. The predicted molar refractivity (Wildman–Crippen MR) is 129 cm³/mol. The van der Waals surface area contributed by atoms with Gasteiger partial charge in [0.25, 0.3) is 0 Å². The van der Waals surface area contributed by atoms with E-state index in [0.29, 0.717) is 13.0 Å². The zero-order chi connectivity index (χ0) is 21.7. The zero-order valence-electron chi connectivity index (χ0n) is 19.2. The lowest BCUT2D eigenvalue weighted by atomic mass is 10.0. The van der Waals surface area contributed by atoms with Gasteiger partial charge in [-0.1, -0.05) is 96.8 Å². The molecule has 30 heavy (non-hydrogen) atoms. The molecule has 4 heteroatoms. The van der Waals surface area contributed by atoms with Crippen LogP contribution in [-0.2, 0) is 9.53 Å². The topological polar surface area (TPSA) is 46.5 Å². The van der Waals surface area contributed by atoms with Crippen LogP contribution >= 0.6 is 11.8 Å². The summed E-state index contributed by atoms with van der Waals surface area (Å²) in [5.74, 6) is 0.945. The molecule has 1 rings (SSSR count). The Morgan fingerprint density at radius 1 is 0.767 bits per heavy atom. The van der Waals surface area contributed by atoms with Crippen LogP contribution in [0.3, 0.4) is 0 Å². The highest BCUT2D eigenvalue weighted by Gasteiger charge is 2.03. The largest absolute Gasteiger partial charge is 0.508 e. The summed E-state index contributed by atoms with van der Waals surface area (Å²) in [5, 5.41) is 9.25. The Morgan fingerprint density at radius 3 is 1.73 bits per heavy atom. The SMILES string of the molecule is CCCCCCCCCCCCCCCCCC(=O)OCCSc1ccc(O)cc1. The highest BCUT2D eigenvalue weighted by Crippen LogP contribution is 2.20. The van der Waals surface area contributed by atoms with Crippen LogP contribution in [0.1, 0.15) is 110 Å². The summed E-state index contributed by atoms with van der Waals surface area (Å²) in [4.78, 5) is 12.8. The van der Waals surface area contributed by atoms with Crippen LogP contribution in [0.5, 0.6) is 5.75 Å². The van der Waals surface area contributed by atoms with Gasteiger partial charge in [0.05, 0.1) is 0 Å².